The van der Waals surface area contributed by atoms with Crippen LogP contribution in [0.3, 0.4) is 0 Å². The summed E-state index contributed by atoms with van der Waals surface area (Å²) in [4.78, 5) is 2.47. The van der Waals surface area contributed by atoms with Crippen molar-refractivity contribution in [3.05, 3.63) is 48.0 Å². The van der Waals surface area contributed by atoms with Crippen molar-refractivity contribution in [1.82, 2.24) is 9.62 Å². The van der Waals surface area contributed by atoms with Crippen LogP contribution >= 0.6 is 0 Å². The Morgan fingerprint density at radius 2 is 1.96 bits per heavy atom. The highest BCUT2D eigenvalue weighted by atomic mass is 32.2. The Kier molecular flexibility index (Phi) is 5.23. The molecule has 0 bridgehead atoms. The van der Waals surface area contributed by atoms with E-state index in [1.54, 1.807) is 0 Å². The first-order valence-electron chi connectivity index (χ1n) is 8.60. The molecule has 2 atom stereocenters. The van der Waals surface area contributed by atoms with Crippen LogP contribution in [0.4, 0.5) is 0 Å². The standard InChI is InChI=1S/C19H26N2O2S/c1-15(18-10-9-17-7-3-4-8-19(17)12-18)21-11-5-6-16(14-21)13-20-24(2,22)23/h3-4,7-10,12,15-16,20H,5-6,11,13-14H2,1-2H3/t15-,16+/m1/s1. The summed E-state index contributed by atoms with van der Waals surface area (Å²) in [5, 5.41) is 2.54. The van der Waals surface area contributed by atoms with Gasteiger partial charge in [-0.2, -0.15) is 0 Å². The molecule has 2 aromatic rings. The van der Waals surface area contributed by atoms with Crippen LogP contribution in [0.25, 0.3) is 10.8 Å². The van der Waals surface area contributed by atoms with Crippen molar-refractivity contribution in [3.8, 4) is 0 Å². The average molecular weight is 346 g/mol. The van der Waals surface area contributed by atoms with E-state index in [0.29, 0.717) is 18.5 Å². The van der Waals surface area contributed by atoms with Crippen molar-refractivity contribution in [3.63, 3.8) is 0 Å². The molecule has 130 valence electrons. The van der Waals surface area contributed by atoms with E-state index in [0.717, 1.165) is 25.9 Å². The van der Waals surface area contributed by atoms with E-state index in [9.17, 15) is 8.42 Å². The number of nitrogens with zero attached hydrogens (tertiary/aromatic N) is 1. The van der Waals surface area contributed by atoms with Gasteiger partial charge in [0.05, 0.1) is 6.26 Å². The molecule has 0 saturated carbocycles. The Labute approximate surface area is 144 Å². The van der Waals surface area contributed by atoms with Gasteiger partial charge in [0, 0.05) is 19.1 Å². The molecule has 1 fully saturated rings. The fourth-order valence-electron chi connectivity index (χ4n) is 3.56. The maximum Gasteiger partial charge on any atom is 0.208 e. The molecule has 1 aliphatic heterocycles. The van der Waals surface area contributed by atoms with Crippen LogP contribution in [-0.4, -0.2) is 39.2 Å². The number of nitrogens with one attached hydrogen (secondary N) is 1. The predicted octanol–water partition coefficient (Wildman–Crippen LogP) is 3.16. The first kappa shape index (κ1) is 17.4. The number of hydrogen-bond acceptors (Lipinski definition) is 3. The number of fused-ring (bicyclic) bond motifs is 1. The van der Waals surface area contributed by atoms with E-state index in [1.807, 2.05) is 0 Å². The van der Waals surface area contributed by atoms with Gasteiger partial charge in [-0.1, -0.05) is 36.4 Å². The van der Waals surface area contributed by atoms with E-state index in [1.165, 1.54) is 22.6 Å². The van der Waals surface area contributed by atoms with Gasteiger partial charge in [-0.05, 0) is 54.6 Å². The minimum atomic E-state index is -3.11. The van der Waals surface area contributed by atoms with E-state index in [2.05, 4.69) is 59.0 Å². The van der Waals surface area contributed by atoms with Crippen molar-refractivity contribution in [2.24, 2.45) is 5.92 Å². The summed E-state index contributed by atoms with van der Waals surface area (Å²) < 4.78 is 25.3. The number of hydrogen-bond donors (Lipinski definition) is 1. The lowest BCUT2D eigenvalue weighted by molar-refractivity contribution is 0.133. The van der Waals surface area contributed by atoms with Gasteiger partial charge in [0.1, 0.15) is 0 Å². The quantitative estimate of drug-likeness (QED) is 0.905. The lowest BCUT2D eigenvalue weighted by atomic mass is 9.94. The van der Waals surface area contributed by atoms with E-state index >= 15 is 0 Å². The summed E-state index contributed by atoms with van der Waals surface area (Å²) in [5.74, 6) is 0.386. The Morgan fingerprint density at radius 1 is 1.21 bits per heavy atom. The molecule has 4 nitrogen and oxygen atoms in total. The second-order valence-electron chi connectivity index (χ2n) is 6.91. The molecular weight excluding hydrogens is 320 g/mol. The largest absolute Gasteiger partial charge is 0.296 e. The molecule has 0 aromatic heterocycles. The molecule has 0 spiro atoms. The Hall–Kier alpha value is -1.43. The molecule has 1 N–H and O–H groups in total. The van der Waals surface area contributed by atoms with Crippen LogP contribution in [0, 0.1) is 5.92 Å². The van der Waals surface area contributed by atoms with Crippen molar-refractivity contribution >= 4 is 20.8 Å². The number of piperidine rings is 1. The van der Waals surface area contributed by atoms with Crippen LogP contribution in [0.1, 0.15) is 31.4 Å². The maximum absolute atomic E-state index is 11.3. The third-order valence-electron chi connectivity index (χ3n) is 4.99. The summed E-state index contributed by atoms with van der Waals surface area (Å²) in [5.41, 5.74) is 1.32. The van der Waals surface area contributed by atoms with Crippen molar-refractivity contribution in [1.29, 1.82) is 0 Å². The second kappa shape index (κ2) is 7.21. The molecule has 24 heavy (non-hydrogen) atoms. The summed E-state index contributed by atoms with van der Waals surface area (Å²) >= 11 is 0. The normalized spacial score (nSPS) is 21.0. The molecule has 1 aliphatic rings. The number of likely N-dealkylation sites (tertiary alicyclic amines) is 1. The number of sulfonamides is 1. The molecule has 0 amide bonds. The first-order valence-corrected chi connectivity index (χ1v) is 10.5. The lowest BCUT2D eigenvalue weighted by Crippen LogP contribution is -2.41. The third kappa shape index (κ3) is 4.35. The van der Waals surface area contributed by atoms with Gasteiger partial charge in [-0.25, -0.2) is 13.1 Å². The van der Waals surface area contributed by atoms with Gasteiger partial charge >= 0.3 is 0 Å². The topological polar surface area (TPSA) is 49.4 Å². The van der Waals surface area contributed by atoms with Crippen molar-refractivity contribution in [2.45, 2.75) is 25.8 Å². The fraction of sp³-hybridized carbons (Fsp3) is 0.474. The Bertz CT molecular complexity index is 804. The zero-order chi connectivity index (χ0) is 17.2. The molecule has 5 heteroatoms. The van der Waals surface area contributed by atoms with E-state index in [4.69, 9.17) is 0 Å². The predicted molar refractivity (Wildman–Crippen MR) is 99.5 cm³/mol. The van der Waals surface area contributed by atoms with Crippen molar-refractivity contribution < 1.29 is 8.42 Å². The molecular formula is C19H26N2O2S. The summed E-state index contributed by atoms with van der Waals surface area (Å²) in [7, 11) is -3.11. The van der Waals surface area contributed by atoms with E-state index in [-0.39, 0.29) is 0 Å². The first-order chi connectivity index (χ1) is 11.4. The highest BCUT2D eigenvalue weighted by Gasteiger charge is 2.25. The molecule has 0 radical (unpaired) electrons. The highest BCUT2D eigenvalue weighted by molar-refractivity contribution is 7.88. The van der Waals surface area contributed by atoms with Gasteiger partial charge in [-0.3, -0.25) is 4.90 Å². The fourth-order valence-corrected chi connectivity index (χ4v) is 4.10. The van der Waals surface area contributed by atoms with Gasteiger partial charge in [0.2, 0.25) is 10.0 Å². The van der Waals surface area contributed by atoms with Crippen LogP contribution in [0.5, 0.6) is 0 Å². The smallest absolute Gasteiger partial charge is 0.208 e. The second-order valence-corrected chi connectivity index (χ2v) is 8.74. The summed E-state index contributed by atoms with van der Waals surface area (Å²) in [6.45, 7) is 4.80. The summed E-state index contributed by atoms with van der Waals surface area (Å²) in [6, 6.07) is 15.5. The molecule has 2 aromatic carbocycles. The molecule has 0 unspecified atom stereocenters. The average Bonchev–Trinajstić information content (AvgIpc) is 2.58. The Balaban J connectivity index is 1.69. The number of benzene rings is 2. The molecule has 0 aliphatic carbocycles. The SMILES string of the molecule is C[C@H](c1ccc2ccccc2c1)N1CCC[C@@H](CNS(C)(=O)=O)C1. The molecule has 1 saturated heterocycles. The van der Waals surface area contributed by atoms with Gasteiger partial charge < -0.3 is 0 Å². The van der Waals surface area contributed by atoms with Crippen molar-refractivity contribution in [2.75, 3.05) is 25.9 Å². The highest BCUT2D eigenvalue weighted by Crippen LogP contribution is 2.28. The maximum atomic E-state index is 11.3. The summed E-state index contributed by atoms with van der Waals surface area (Å²) in [6.07, 6.45) is 3.43. The third-order valence-corrected chi connectivity index (χ3v) is 5.68. The lowest BCUT2D eigenvalue weighted by Gasteiger charge is -2.37. The van der Waals surface area contributed by atoms with E-state index < -0.39 is 10.0 Å². The van der Waals surface area contributed by atoms with Gasteiger partial charge in [0.25, 0.3) is 0 Å². The zero-order valence-electron chi connectivity index (χ0n) is 14.4. The zero-order valence-corrected chi connectivity index (χ0v) is 15.2. The Morgan fingerprint density at radius 3 is 2.71 bits per heavy atom. The van der Waals surface area contributed by atoms with Crippen LogP contribution in [0.15, 0.2) is 42.5 Å². The number of rotatable bonds is 5. The molecule has 3 rings (SSSR count). The van der Waals surface area contributed by atoms with Crippen LogP contribution < -0.4 is 4.72 Å². The van der Waals surface area contributed by atoms with Crippen LogP contribution in [0.2, 0.25) is 0 Å². The van der Waals surface area contributed by atoms with Gasteiger partial charge in [-0.15, -0.1) is 0 Å². The minimum absolute atomic E-state index is 0.343. The van der Waals surface area contributed by atoms with Crippen LogP contribution in [-0.2, 0) is 10.0 Å². The minimum Gasteiger partial charge on any atom is -0.296 e. The van der Waals surface area contributed by atoms with Gasteiger partial charge in [0.15, 0.2) is 0 Å². The molecule has 1 heterocycles. The monoisotopic (exact) mass is 346 g/mol.